The molecule has 2 atom stereocenters. The van der Waals surface area contributed by atoms with Gasteiger partial charge in [0.05, 0.1) is 12.0 Å². The zero-order valence-electron chi connectivity index (χ0n) is 12.1. The van der Waals surface area contributed by atoms with Crippen LogP contribution in [0.25, 0.3) is 0 Å². The third-order valence-corrected chi connectivity index (χ3v) is 3.97. The Morgan fingerprint density at radius 2 is 2.00 bits per heavy atom. The molecule has 2 unspecified atom stereocenters. The Morgan fingerprint density at radius 1 is 1.26 bits per heavy atom. The van der Waals surface area contributed by atoms with Gasteiger partial charge >= 0.3 is 0 Å². The van der Waals surface area contributed by atoms with Crippen molar-refractivity contribution in [2.24, 2.45) is 5.92 Å². The Morgan fingerprint density at radius 3 is 2.68 bits per heavy atom. The third-order valence-electron chi connectivity index (χ3n) is 3.97. The number of nitriles is 1. The molecule has 3 heteroatoms. The van der Waals surface area contributed by atoms with Crippen LogP contribution in [-0.2, 0) is 0 Å². The summed E-state index contributed by atoms with van der Waals surface area (Å²) in [5, 5.41) is 12.8. The van der Waals surface area contributed by atoms with E-state index in [1.165, 1.54) is 24.1 Å². The van der Waals surface area contributed by atoms with Gasteiger partial charge in [-0.1, -0.05) is 18.9 Å². The smallest absolute Gasteiger partial charge is 0.0677 e. The Balaban J connectivity index is 2.14. The molecule has 1 N–H and O–H groups in total. The molecule has 1 aromatic carbocycles. The molecule has 0 saturated heterocycles. The Kier molecular flexibility index (Phi) is 4.31. The summed E-state index contributed by atoms with van der Waals surface area (Å²) in [6, 6.07) is 9.19. The van der Waals surface area contributed by atoms with Crippen LogP contribution in [-0.4, -0.2) is 20.1 Å². The summed E-state index contributed by atoms with van der Waals surface area (Å²) in [5.74, 6) is 0.151. The molecule has 0 bridgehead atoms. The Bertz CT molecular complexity index is 473. The summed E-state index contributed by atoms with van der Waals surface area (Å²) in [6.07, 6.45) is 4.54. The van der Waals surface area contributed by atoms with E-state index in [9.17, 15) is 5.26 Å². The SMILES string of the molecule is Cc1ccc(NC2CCCCC2C#N)cc1N(C)C. The molecule has 1 aromatic rings. The minimum absolute atomic E-state index is 0.151. The van der Waals surface area contributed by atoms with E-state index >= 15 is 0 Å². The molecule has 0 spiro atoms. The molecule has 0 heterocycles. The molecule has 3 nitrogen and oxygen atoms in total. The van der Waals surface area contributed by atoms with Gasteiger partial charge < -0.3 is 10.2 Å². The molecule has 0 amide bonds. The third kappa shape index (κ3) is 3.20. The van der Waals surface area contributed by atoms with Crippen LogP contribution in [0.5, 0.6) is 0 Å². The molecular formula is C16H23N3. The predicted molar refractivity (Wildman–Crippen MR) is 80.5 cm³/mol. The minimum Gasteiger partial charge on any atom is -0.381 e. The molecule has 2 rings (SSSR count). The van der Waals surface area contributed by atoms with Crippen LogP contribution in [0.4, 0.5) is 11.4 Å². The second-order valence-electron chi connectivity index (χ2n) is 5.67. The van der Waals surface area contributed by atoms with Crippen LogP contribution in [0.3, 0.4) is 0 Å². The summed E-state index contributed by atoms with van der Waals surface area (Å²) >= 11 is 0. The number of anilines is 2. The molecule has 0 aliphatic heterocycles. The van der Waals surface area contributed by atoms with Crippen LogP contribution < -0.4 is 10.2 Å². The second-order valence-corrected chi connectivity index (χ2v) is 5.67. The van der Waals surface area contributed by atoms with Crippen molar-refractivity contribution in [1.82, 2.24) is 0 Å². The lowest BCUT2D eigenvalue weighted by Crippen LogP contribution is -2.31. The van der Waals surface area contributed by atoms with E-state index in [0.717, 1.165) is 18.5 Å². The number of nitrogens with zero attached hydrogens (tertiary/aromatic N) is 2. The fourth-order valence-corrected chi connectivity index (χ4v) is 2.85. The van der Waals surface area contributed by atoms with Crippen molar-refractivity contribution in [2.45, 2.75) is 38.6 Å². The lowest BCUT2D eigenvalue weighted by atomic mass is 9.85. The van der Waals surface area contributed by atoms with Gasteiger partial charge in [-0.2, -0.15) is 5.26 Å². The van der Waals surface area contributed by atoms with Gasteiger partial charge in [-0.3, -0.25) is 0 Å². The van der Waals surface area contributed by atoms with Crippen LogP contribution in [0.1, 0.15) is 31.2 Å². The summed E-state index contributed by atoms with van der Waals surface area (Å²) in [4.78, 5) is 2.13. The second kappa shape index (κ2) is 5.97. The average Bonchev–Trinajstić information content (AvgIpc) is 2.41. The fraction of sp³-hybridized carbons (Fsp3) is 0.562. The topological polar surface area (TPSA) is 39.1 Å². The normalized spacial score (nSPS) is 22.6. The highest BCUT2D eigenvalue weighted by molar-refractivity contribution is 5.62. The first-order chi connectivity index (χ1) is 9.11. The number of aryl methyl sites for hydroxylation is 1. The van der Waals surface area contributed by atoms with Crippen molar-refractivity contribution in [1.29, 1.82) is 5.26 Å². The summed E-state index contributed by atoms with van der Waals surface area (Å²) < 4.78 is 0. The van der Waals surface area contributed by atoms with Crippen molar-refractivity contribution < 1.29 is 0 Å². The van der Waals surface area contributed by atoms with E-state index in [-0.39, 0.29) is 5.92 Å². The highest BCUT2D eigenvalue weighted by atomic mass is 15.1. The first-order valence-corrected chi connectivity index (χ1v) is 7.06. The highest BCUT2D eigenvalue weighted by Gasteiger charge is 2.24. The molecule has 1 aliphatic rings. The number of nitrogens with one attached hydrogen (secondary N) is 1. The van der Waals surface area contributed by atoms with Gasteiger partial charge in [-0.15, -0.1) is 0 Å². The number of benzene rings is 1. The Hall–Kier alpha value is -1.69. The van der Waals surface area contributed by atoms with Gasteiger partial charge in [0, 0.05) is 31.5 Å². The number of hydrogen-bond donors (Lipinski definition) is 1. The van der Waals surface area contributed by atoms with E-state index < -0.39 is 0 Å². The van der Waals surface area contributed by atoms with Crippen molar-refractivity contribution in [3.63, 3.8) is 0 Å². The predicted octanol–water partition coefficient (Wildman–Crippen LogP) is 3.56. The van der Waals surface area contributed by atoms with Gasteiger partial charge in [0.1, 0.15) is 0 Å². The standard InChI is InChI=1S/C16H23N3/c1-12-8-9-14(10-16(12)19(2)3)18-15-7-5-4-6-13(15)11-17/h8-10,13,15,18H,4-7H2,1-3H3. The van der Waals surface area contributed by atoms with E-state index in [1.54, 1.807) is 0 Å². The molecule has 102 valence electrons. The number of rotatable bonds is 3. The molecule has 0 radical (unpaired) electrons. The monoisotopic (exact) mass is 257 g/mol. The van der Waals surface area contributed by atoms with Gasteiger partial charge in [0.25, 0.3) is 0 Å². The van der Waals surface area contributed by atoms with Crippen molar-refractivity contribution >= 4 is 11.4 Å². The van der Waals surface area contributed by atoms with Crippen molar-refractivity contribution in [2.75, 3.05) is 24.3 Å². The van der Waals surface area contributed by atoms with Crippen LogP contribution in [0.15, 0.2) is 18.2 Å². The average molecular weight is 257 g/mol. The minimum atomic E-state index is 0.151. The first-order valence-electron chi connectivity index (χ1n) is 7.06. The zero-order valence-corrected chi connectivity index (χ0v) is 12.1. The lowest BCUT2D eigenvalue weighted by Gasteiger charge is -2.29. The number of hydrogen-bond acceptors (Lipinski definition) is 3. The summed E-state index contributed by atoms with van der Waals surface area (Å²) in [7, 11) is 4.12. The lowest BCUT2D eigenvalue weighted by molar-refractivity contribution is 0.389. The van der Waals surface area contributed by atoms with E-state index in [4.69, 9.17) is 0 Å². The fourth-order valence-electron chi connectivity index (χ4n) is 2.85. The van der Waals surface area contributed by atoms with Crippen molar-refractivity contribution in [3.05, 3.63) is 23.8 Å². The van der Waals surface area contributed by atoms with Gasteiger partial charge in [0.15, 0.2) is 0 Å². The molecule has 0 aromatic heterocycles. The largest absolute Gasteiger partial charge is 0.381 e. The maximum Gasteiger partial charge on any atom is 0.0677 e. The first kappa shape index (κ1) is 13.7. The molecule has 1 fully saturated rings. The molecular weight excluding hydrogens is 234 g/mol. The van der Waals surface area contributed by atoms with Gasteiger partial charge in [0.2, 0.25) is 0 Å². The zero-order chi connectivity index (χ0) is 13.8. The van der Waals surface area contributed by atoms with Crippen molar-refractivity contribution in [3.8, 4) is 6.07 Å². The van der Waals surface area contributed by atoms with Gasteiger partial charge in [-0.05, 0) is 37.5 Å². The van der Waals surface area contributed by atoms with Crippen LogP contribution in [0.2, 0.25) is 0 Å². The summed E-state index contributed by atoms with van der Waals surface area (Å²) in [5.41, 5.74) is 3.63. The van der Waals surface area contributed by atoms with E-state index in [2.05, 4.69) is 55.5 Å². The quantitative estimate of drug-likeness (QED) is 0.900. The van der Waals surface area contributed by atoms with E-state index in [0.29, 0.717) is 6.04 Å². The van der Waals surface area contributed by atoms with Crippen LogP contribution >= 0.6 is 0 Å². The molecule has 1 aliphatic carbocycles. The highest BCUT2D eigenvalue weighted by Crippen LogP contribution is 2.29. The molecule has 19 heavy (non-hydrogen) atoms. The van der Waals surface area contributed by atoms with Gasteiger partial charge in [-0.25, -0.2) is 0 Å². The Labute approximate surface area is 116 Å². The molecule has 1 saturated carbocycles. The van der Waals surface area contributed by atoms with Crippen LogP contribution in [0, 0.1) is 24.2 Å². The maximum absolute atomic E-state index is 9.23. The maximum atomic E-state index is 9.23. The van der Waals surface area contributed by atoms with E-state index in [1.807, 2.05) is 0 Å². The summed E-state index contributed by atoms with van der Waals surface area (Å²) in [6.45, 7) is 2.12.